The third kappa shape index (κ3) is 4.78. The summed E-state index contributed by atoms with van der Waals surface area (Å²) >= 11 is 1.35. The number of rotatable bonds is 6. The summed E-state index contributed by atoms with van der Waals surface area (Å²) in [5.41, 5.74) is 6.53. The van der Waals surface area contributed by atoms with Crippen LogP contribution in [0.1, 0.15) is 0 Å². The number of pyridine rings is 1. The number of nitrogen functional groups attached to an aromatic ring is 1. The Kier molecular flexibility index (Phi) is 6.28. The first-order valence-corrected chi connectivity index (χ1v) is 12.9. The summed E-state index contributed by atoms with van der Waals surface area (Å²) in [6, 6.07) is 9.00. The van der Waals surface area contributed by atoms with Crippen LogP contribution in [-0.2, 0) is 14.8 Å². The van der Waals surface area contributed by atoms with Gasteiger partial charge in [0, 0.05) is 37.2 Å². The van der Waals surface area contributed by atoms with Crippen LogP contribution in [0.5, 0.6) is 0 Å². The summed E-state index contributed by atoms with van der Waals surface area (Å²) in [4.78, 5) is 19.3. The molecule has 0 amide bonds. The van der Waals surface area contributed by atoms with Crippen LogP contribution in [0.2, 0.25) is 0 Å². The number of ether oxygens (including phenoxy) is 1. The lowest BCUT2D eigenvalue weighted by atomic mass is 10.1. The summed E-state index contributed by atoms with van der Waals surface area (Å²) in [6.07, 6.45) is 4.16. The smallest absolute Gasteiger partial charge is 0.263 e. The quantitative estimate of drug-likeness (QED) is 0.399. The van der Waals surface area contributed by atoms with Gasteiger partial charge in [-0.2, -0.15) is 0 Å². The number of morpholine rings is 1. The summed E-state index contributed by atoms with van der Waals surface area (Å²) < 4.78 is 49.0. The molecule has 180 valence electrons. The molecular weight excluding hydrogens is 493 g/mol. The summed E-state index contributed by atoms with van der Waals surface area (Å²) in [5, 5.41) is 0.677. The summed E-state index contributed by atoms with van der Waals surface area (Å²) in [7, 11) is -4.04. The Morgan fingerprint density at radius 3 is 2.66 bits per heavy atom. The van der Waals surface area contributed by atoms with Crippen molar-refractivity contribution in [1.29, 1.82) is 0 Å². The van der Waals surface area contributed by atoms with E-state index in [0.717, 1.165) is 0 Å². The molecule has 1 aromatic carbocycles. The number of hydrogen-bond donors (Lipinski definition) is 2. The van der Waals surface area contributed by atoms with Gasteiger partial charge in [0.05, 0.1) is 35.2 Å². The lowest BCUT2D eigenvalue weighted by molar-refractivity contribution is 0.122. The Labute approximate surface area is 204 Å². The Morgan fingerprint density at radius 2 is 1.91 bits per heavy atom. The van der Waals surface area contributed by atoms with Gasteiger partial charge >= 0.3 is 0 Å². The standard InChI is InChI=1S/C22H20FN7O3S2/c23-18-15(4-1-5-16(18)29-35(31,32)14-3-2-7-25-13-14)19-20(17-6-8-26-21(24)27-17)34-22(28-19)30-9-11-33-12-10-30/h1-8,13,29H,9-12H2,(H2,24,26,27). The lowest BCUT2D eigenvalue weighted by Crippen LogP contribution is -2.36. The van der Waals surface area contributed by atoms with E-state index in [1.807, 2.05) is 0 Å². The molecule has 1 fully saturated rings. The Morgan fingerprint density at radius 1 is 1.09 bits per heavy atom. The molecule has 5 rings (SSSR count). The average Bonchev–Trinajstić information content (AvgIpc) is 3.32. The molecular formula is C22H20FN7O3S2. The topological polar surface area (TPSA) is 136 Å². The van der Waals surface area contributed by atoms with E-state index in [2.05, 4.69) is 24.6 Å². The fourth-order valence-electron chi connectivity index (χ4n) is 3.56. The molecule has 1 aliphatic rings. The van der Waals surface area contributed by atoms with Gasteiger partial charge in [0.15, 0.2) is 10.9 Å². The van der Waals surface area contributed by atoms with Crippen LogP contribution in [0, 0.1) is 5.82 Å². The monoisotopic (exact) mass is 513 g/mol. The summed E-state index contributed by atoms with van der Waals surface area (Å²) in [5.74, 6) is -0.685. The van der Waals surface area contributed by atoms with E-state index in [-0.39, 0.29) is 22.1 Å². The molecule has 0 bridgehead atoms. The fraction of sp³-hybridized carbons (Fsp3) is 0.182. The maximum absolute atomic E-state index is 15.8. The van der Waals surface area contributed by atoms with Gasteiger partial charge in [0.25, 0.3) is 10.0 Å². The zero-order valence-electron chi connectivity index (χ0n) is 18.3. The van der Waals surface area contributed by atoms with E-state index < -0.39 is 15.8 Å². The predicted octanol–water partition coefficient (Wildman–Crippen LogP) is 3.02. The summed E-state index contributed by atoms with van der Waals surface area (Å²) in [6.45, 7) is 2.41. The molecule has 35 heavy (non-hydrogen) atoms. The molecule has 0 atom stereocenters. The third-order valence-corrected chi connectivity index (χ3v) is 7.74. The number of hydrogen-bond acceptors (Lipinski definition) is 10. The van der Waals surface area contributed by atoms with Crippen LogP contribution in [0.3, 0.4) is 0 Å². The van der Waals surface area contributed by atoms with Crippen LogP contribution < -0.4 is 15.4 Å². The van der Waals surface area contributed by atoms with E-state index in [1.165, 1.54) is 48.1 Å². The zero-order valence-corrected chi connectivity index (χ0v) is 19.9. The number of sulfonamides is 1. The van der Waals surface area contributed by atoms with Crippen molar-refractivity contribution in [3.63, 3.8) is 0 Å². The molecule has 1 aliphatic heterocycles. The molecule has 0 radical (unpaired) electrons. The van der Waals surface area contributed by atoms with Crippen molar-refractivity contribution in [3.8, 4) is 21.8 Å². The van der Waals surface area contributed by atoms with Crippen LogP contribution in [0.15, 0.2) is 59.9 Å². The van der Waals surface area contributed by atoms with Gasteiger partial charge in [-0.3, -0.25) is 9.71 Å². The van der Waals surface area contributed by atoms with Crippen LogP contribution >= 0.6 is 11.3 Å². The molecule has 4 heterocycles. The van der Waals surface area contributed by atoms with Gasteiger partial charge in [-0.25, -0.2) is 27.8 Å². The fourth-order valence-corrected chi connectivity index (χ4v) is 5.68. The highest BCUT2D eigenvalue weighted by Gasteiger charge is 2.25. The Balaban J connectivity index is 1.59. The van der Waals surface area contributed by atoms with E-state index in [1.54, 1.807) is 18.2 Å². The van der Waals surface area contributed by atoms with Crippen molar-refractivity contribution in [2.24, 2.45) is 0 Å². The van der Waals surface area contributed by atoms with Gasteiger partial charge in [0.2, 0.25) is 5.95 Å². The molecule has 3 N–H and O–H groups in total. The number of aromatic nitrogens is 4. The minimum absolute atomic E-state index is 0.0771. The second-order valence-electron chi connectivity index (χ2n) is 7.54. The molecule has 0 unspecified atom stereocenters. The number of nitrogens with two attached hydrogens (primary N) is 1. The van der Waals surface area contributed by atoms with Crippen LogP contribution in [0.25, 0.3) is 21.8 Å². The number of nitrogens with one attached hydrogen (secondary N) is 1. The molecule has 10 nitrogen and oxygen atoms in total. The lowest BCUT2D eigenvalue weighted by Gasteiger charge is -2.26. The van der Waals surface area contributed by atoms with Crippen molar-refractivity contribution in [2.75, 3.05) is 41.7 Å². The van der Waals surface area contributed by atoms with Crippen molar-refractivity contribution < 1.29 is 17.5 Å². The number of nitrogens with zero attached hydrogens (tertiary/aromatic N) is 5. The highest BCUT2D eigenvalue weighted by Crippen LogP contribution is 2.41. The van der Waals surface area contributed by atoms with Gasteiger partial charge in [-0.15, -0.1) is 0 Å². The SMILES string of the molecule is Nc1nccc(-c2sc(N3CCOCC3)nc2-c2cccc(NS(=O)(=O)c3cccnc3)c2F)n1. The third-order valence-electron chi connectivity index (χ3n) is 5.25. The maximum atomic E-state index is 15.8. The van der Waals surface area contributed by atoms with E-state index in [0.29, 0.717) is 47.7 Å². The second kappa shape index (κ2) is 9.52. The van der Waals surface area contributed by atoms with Crippen molar-refractivity contribution >= 4 is 38.1 Å². The predicted molar refractivity (Wildman–Crippen MR) is 131 cm³/mol. The van der Waals surface area contributed by atoms with Crippen molar-refractivity contribution in [1.82, 2.24) is 19.9 Å². The van der Waals surface area contributed by atoms with Gasteiger partial charge in [-0.05, 0) is 30.3 Å². The molecule has 1 saturated heterocycles. The Hall–Kier alpha value is -3.68. The molecule has 0 saturated carbocycles. The molecule has 13 heteroatoms. The first kappa shape index (κ1) is 23.1. The number of halogens is 1. The molecule has 4 aromatic rings. The van der Waals surface area contributed by atoms with Gasteiger partial charge in [0.1, 0.15) is 4.90 Å². The van der Waals surface area contributed by atoms with Crippen molar-refractivity contribution in [3.05, 3.63) is 60.8 Å². The highest BCUT2D eigenvalue weighted by molar-refractivity contribution is 7.92. The normalized spacial score (nSPS) is 14.1. The molecule has 3 aromatic heterocycles. The first-order valence-electron chi connectivity index (χ1n) is 10.6. The van der Waals surface area contributed by atoms with E-state index in [9.17, 15) is 8.42 Å². The van der Waals surface area contributed by atoms with E-state index in [4.69, 9.17) is 15.5 Å². The zero-order chi connectivity index (χ0) is 24.4. The largest absolute Gasteiger partial charge is 0.378 e. The number of thiazole rings is 1. The minimum atomic E-state index is -4.04. The average molecular weight is 514 g/mol. The maximum Gasteiger partial charge on any atom is 0.263 e. The van der Waals surface area contributed by atoms with Crippen molar-refractivity contribution in [2.45, 2.75) is 4.90 Å². The van der Waals surface area contributed by atoms with E-state index >= 15 is 4.39 Å². The van der Waals surface area contributed by atoms with Crippen LogP contribution in [-0.4, -0.2) is 54.7 Å². The Bertz CT molecular complexity index is 1460. The second-order valence-corrected chi connectivity index (χ2v) is 10.2. The highest BCUT2D eigenvalue weighted by atomic mass is 32.2. The molecule has 0 aliphatic carbocycles. The number of anilines is 3. The molecule has 0 spiro atoms. The first-order chi connectivity index (χ1) is 16.9. The minimum Gasteiger partial charge on any atom is -0.378 e. The van der Waals surface area contributed by atoms with Gasteiger partial charge in [-0.1, -0.05) is 17.4 Å². The number of benzene rings is 1. The van der Waals surface area contributed by atoms with Crippen LogP contribution in [0.4, 0.5) is 21.2 Å². The van der Waals surface area contributed by atoms with Gasteiger partial charge < -0.3 is 15.4 Å².